The quantitative estimate of drug-likeness (QED) is 0.729. The van der Waals surface area contributed by atoms with Gasteiger partial charge < -0.3 is 10.1 Å². The molecule has 0 spiro atoms. The first kappa shape index (κ1) is 11.4. The van der Waals surface area contributed by atoms with Gasteiger partial charge in [0.25, 0.3) is 0 Å². The zero-order valence-corrected chi connectivity index (χ0v) is 10.2. The van der Waals surface area contributed by atoms with Crippen molar-refractivity contribution in [3.63, 3.8) is 0 Å². The molecular formula is C13H25NO. The summed E-state index contributed by atoms with van der Waals surface area (Å²) in [7, 11) is 0. The van der Waals surface area contributed by atoms with Gasteiger partial charge in [0, 0.05) is 12.1 Å². The molecule has 0 aromatic heterocycles. The standard InChI is InChI=1S/C13H25NO/c1-3-5-10(6-4-2)14-12-9-11-7-8-13(12)15-11/h10-14H,3-9H2,1-2H3. The van der Waals surface area contributed by atoms with Crippen molar-refractivity contribution in [2.45, 2.75) is 83.1 Å². The van der Waals surface area contributed by atoms with Crippen LogP contribution < -0.4 is 5.32 Å². The number of rotatable bonds is 6. The van der Waals surface area contributed by atoms with Gasteiger partial charge in [-0.2, -0.15) is 0 Å². The summed E-state index contributed by atoms with van der Waals surface area (Å²) in [6.07, 6.45) is 10.2. The summed E-state index contributed by atoms with van der Waals surface area (Å²) < 4.78 is 5.88. The van der Waals surface area contributed by atoms with Crippen molar-refractivity contribution in [1.82, 2.24) is 5.32 Å². The Bertz CT molecular complexity index is 189. The molecule has 3 atom stereocenters. The first-order chi connectivity index (χ1) is 7.33. The minimum absolute atomic E-state index is 0.534. The lowest BCUT2D eigenvalue weighted by Crippen LogP contribution is -2.43. The average molecular weight is 211 g/mol. The zero-order chi connectivity index (χ0) is 10.7. The highest BCUT2D eigenvalue weighted by molar-refractivity contribution is 4.95. The lowest BCUT2D eigenvalue weighted by atomic mass is 9.94. The summed E-state index contributed by atoms with van der Waals surface area (Å²) in [6, 6.07) is 1.39. The Morgan fingerprint density at radius 3 is 2.40 bits per heavy atom. The molecule has 2 heteroatoms. The van der Waals surface area contributed by atoms with E-state index in [1.807, 2.05) is 0 Å². The van der Waals surface area contributed by atoms with Crippen LogP contribution in [0.4, 0.5) is 0 Å². The average Bonchev–Trinajstić information content (AvgIpc) is 2.80. The summed E-state index contributed by atoms with van der Waals surface area (Å²) in [5, 5.41) is 3.82. The van der Waals surface area contributed by atoms with Crippen molar-refractivity contribution in [2.75, 3.05) is 0 Å². The second-order valence-electron chi connectivity index (χ2n) is 5.16. The highest BCUT2D eigenvalue weighted by Gasteiger charge is 2.41. The summed E-state index contributed by atoms with van der Waals surface area (Å²) in [5.74, 6) is 0. The fourth-order valence-electron chi connectivity index (χ4n) is 3.12. The molecular weight excluding hydrogens is 186 g/mol. The molecule has 0 aromatic rings. The first-order valence-electron chi connectivity index (χ1n) is 6.75. The molecule has 2 fully saturated rings. The molecule has 2 aliphatic heterocycles. The van der Waals surface area contributed by atoms with Crippen LogP contribution in [0.5, 0.6) is 0 Å². The van der Waals surface area contributed by atoms with Crippen LogP contribution in [-0.2, 0) is 4.74 Å². The molecule has 0 aliphatic carbocycles. The molecule has 2 nitrogen and oxygen atoms in total. The van der Waals surface area contributed by atoms with Crippen LogP contribution in [0.2, 0.25) is 0 Å². The first-order valence-corrected chi connectivity index (χ1v) is 6.75. The topological polar surface area (TPSA) is 21.3 Å². The van der Waals surface area contributed by atoms with E-state index in [-0.39, 0.29) is 0 Å². The fraction of sp³-hybridized carbons (Fsp3) is 1.00. The number of hydrogen-bond donors (Lipinski definition) is 1. The van der Waals surface area contributed by atoms with Gasteiger partial charge in [-0.05, 0) is 32.1 Å². The highest BCUT2D eigenvalue weighted by Crippen LogP contribution is 2.34. The summed E-state index contributed by atoms with van der Waals surface area (Å²) in [6.45, 7) is 4.56. The van der Waals surface area contributed by atoms with Crippen molar-refractivity contribution in [3.8, 4) is 0 Å². The number of ether oxygens (including phenoxy) is 1. The van der Waals surface area contributed by atoms with Crippen LogP contribution in [0, 0.1) is 0 Å². The Labute approximate surface area is 93.8 Å². The smallest absolute Gasteiger partial charge is 0.0733 e. The van der Waals surface area contributed by atoms with E-state index in [1.54, 1.807) is 0 Å². The third-order valence-corrected chi connectivity index (χ3v) is 3.83. The van der Waals surface area contributed by atoms with Crippen LogP contribution in [0.3, 0.4) is 0 Å². The maximum Gasteiger partial charge on any atom is 0.0733 e. The Kier molecular flexibility index (Phi) is 4.04. The second-order valence-corrected chi connectivity index (χ2v) is 5.16. The van der Waals surface area contributed by atoms with Crippen molar-refractivity contribution in [3.05, 3.63) is 0 Å². The minimum Gasteiger partial charge on any atom is -0.373 e. The highest BCUT2D eigenvalue weighted by atomic mass is 16.5. The van der Waals surface area contributed by atoms with E-state index in [0.717, 1.165) is 6.04 Å². The van der Waals surface area contributed by atoms with Crippen LogP contribution in [0.1, 0.15) is 58.8 Å². The van der Waals surface area contributed by atoms with E-state index in [0.29, 0.717) is 18.2 Å². The maximum atomic E-state index is 5.88. The monoisotopic (exact) mass is 211 g/mol. The summed E-state index contributed by atoms with van der Waals surface area (Å²) >= 11 is 0. The third-order valence-electron chi connectivity index (χ3n) is 3.83. The van der Waals surface area contributed by atoms with Gasteiger partial charge in [-0.15, -0.1) is 0 Å². The summed E-state index contributed by atoms with van der Waals surface area (Å²) in [5.41, 5.74) is 0. The van der Waals surface area contributed by atoms with Gasteiger partial charge in [0.15, 0.2) is 0 Å². The van der Waals surface area contributed by atoms with E-state index in [4.69, 9.17) is 4.74 Å². The molecule has 0 saturated carbocycles. The maximum absolute atomic E-state index is 5.88. The van der Waals surface area contributed by atoms with Crippen LogP contribution in [-0.4, -0.2) is 24.3 Å². The molecule has 2 aliphatic rings. The van der Waals surface area contributed by atoms with E-state index in [9.17, 15) is 0 Å². The predicted octanol–water partition coefficient (Wildman–Crippen LogP) is 2.86. The fourth-order valence-corrected chi connectivity index (χ4v) is 3.12. The van der Waals surface area contributed by atoms with Gasteiger partial charge in [0.1, 0.15) is 0 Å². The molecule has 0 aromatic carbocycles. The van der Waals surface area contributed by atoms with Crippen molar-refractivity contribution in [2.24, 2.45) is 0 Å². The molecule has 0 amide bonds. The minimum atomic E-state index is 0.534. The Balaban J connectivity index is 1.78. The molecule has 2 bridgehead atoms. The molecule has 15 heavy (non-hydrogen) atoms. The van der Waals surface area contributed by atoms with Gasteiger partial charge in [0.05, 0.1) is 12.2 Å². The zero-order valence-electron chi connectivity index (χ0n) is 10.2. The second kappa shape index (κ2) is 5.31. The molecule has 3 unspecified atom stereocenters. The largest absolute Gasteiger partial charge is 0.373 e. The van der Waals surface area contributed by atoms with Gasteiger partial charge in [-0.1, -0.05) is 26.7 Å². The van der Waals surface area contributed by atoms with Gasteiger partial charge >= 0.3 is 0 Å². The Morgan fingerprint density at radius 2 is 1.93 bits per heavy atom. The summed E-state index contributed by atoms with van der Waals surface area (Å²) in [4.78, 5) is 0. The molecule has 2 rings (SSSR count). The van der Waals surface area contributed by atoms with E-state index in [1.165, 1.54) is 44.9 Å². The predicted molar refractivity (Wildman–Crippen MR) is 63.0 cm³/mol. The lowest BCUT2D eigenvalue weighted by Gasteiger charge is -2.26. The number of fused-ring (bicyclic) bond motifs is 2. The molecule has 1 N–H and O–H groups in total. The van der Waals surface area contributed by atoms with Gasteiger partial charge in [-0.3, -0.25) is 0 Å². The van der Waals surface area contributed by atoms with Crippen molar-refractivity contribution < 1.29 is 4.74 Å². The van der Waals surface area contributed by atoms with Crippen LogP contribution in [0.15, 0.2) is 0 Å². The number of nitrogens with one attached hydrogen (secondary N) is 1. The lowest BCUT2D eigenvalue weighted by molar-refractivity contribution is 0.0955. The van der Waals surface area contributed by atoms with Gasteiger partial charge in [0.2, 0.25) is 0 Å². The molecule has 88 valence electrons. The number of hydrogen-bond acceptors (Lipinski definition) is 2. The van der Waals surface area contributed by atoms with Crippen molar-refractivity contribution in [1.29, 1.82) is 0 Å². The molecule has 0 radical (unpaired) electrons. The van der Waals surface area contributed by atoms with Crippen molar-refractivity contribution >= 4 is 0 Å². The molecule has 2 heterocycles. The third kappa shape index (κ3) is 2.73. The van der Waals surface area contributed by atoms with E-state index in [2.05, 4.69) is 19.2 Å². The SMILES string of the molecule is CCCC(CCC)NC1CC2CCC1O2. The van der Waals surface area contributed by atoms with Crippen LogP contribution >= 0.6 is 0 Å². The van der Waals surface area contributed by atoms with Crippen LogP contribution in [0.25, 0.3) is 0 Å². The molecule has 2 saturated heterocycles. The van der Waals surface area contributed by atoms with E-state index >= 15 is 0 Å². The van der Waals surface area contributed by atoms with Gasteiger partial charge in [-0.25, -0.2) is 0 Å². The van der Waals surface area contributed by atoms with E-state index < -0.39 is 0 Å². The normalized spacial score (nSPS) is 34.2. The Hall–Kier alpha value is -0.0800. The Morgan fingerprint density at radius 1 is 1.20 bits per heavy atom.